The van der Waals surface area contributed by atoms with Crippen molar-refractivity contribution in [1.29, 1.82) is 0 Å². The molecule has 0 aromatic heterocycles. The Balaban J connectivity index is 1.62. The van der Waals surface area contributed by atoms with E-state index in [9.17, 15) is 4.79 Å². The first kappa shape index (κ1) is 12.5. The summed E-state index contributed by atoms with van der Waals surface area (Å²) in [7, 11) is 0. The average molecular weight is 258 g/mol. The third-order valence-corrected chi connectivity index (χ3v) is 4.37. The standard InChI is InChI=1S/C16H22N2O/c19-16(17-13-8-2-3-9-13)18-15-11-5-7-12-6-1-4-10-14(12)15/h1,4,6,10,13,15H,2-3,5,7-9,11H2,(H2,17,18,19)/t15-/m0/s1. The Morgan fingerprint density at radius 1 is 1.00 bits per heavy atom. The largest absolute Gasteiger partial charge is 0.335 e. The van der Waals surface area contributed by atoms with E-state index in [4.69, 9.17) is 0 Å². The topological polar surface area (TPSA) is 41.1 Å². The molecule has 0 unspecified atom stereocenters. The second-order valence-electron chi connectivity index (χ2n) is 5.74. The lowest BCUT2D eigenvalue weighted by molar-refractivity contribution is 0.231. The number of nitrogens with one attached hydrogen (secondary N) is 2. The van der Waals surface area contributed by atoms with Gasteiger partial charge in [0.1, 0.15) is 0 Å². The summed E-state index contributed by atoms with van der Waals surface area (Å²) >= 11 is 0. The van der Waals surface area contributed by atoms with Crippen molar-refractivity contribution >= 4 is 6.03 Å². The lowest BCUT2D eigenvalue weighted by Gasteiger charge is -2.27. The molecule has 3 nitrogen and oxygen atoms in total. The van der Waals surface area contributed by atoms with E-state index >= 15 is 0 Å². The number of urea groups is 1. The molecule has 1 fully saturated rings. The predicted octanol–water partition coefficient (Wildman–Crippen LogP) is 3.31. The minimum absolute atomic E-state index is 0.00797. The summed E-state index contributed by atoms with van der Waals surface area (Å²) in [6.45, 7) is 0. The van der Waals surface area contributed by atoms with Crippen molar-refractivity contribution in [3.63, 3.8) is 0 Å². The molecule has 0 aliphatic heterocycles. The van der Waals surface area contributed by atoms with Gasteiger partial charge in [0, 0.05) is 6.04 Å². The molecule has 0 radical (unpaired) electrons. The van der Waals surface area contributed by atoms with E-state index in [1.54, 1.807) is 0 Å². The molecular weight excluding hydrogens is 236 g/mol. The molecule has 102 valence electrons. The lowest BCUT2D eigenvalue weighted by Crippen LogP contribution is -2.43. The maximum absolute atomic E-state index is 12.1. The van der Waals surface area contributed by atoms with Crippen molar-refractivity contribution < 1.29 is 4.79 Å². The third-order valence-electron chi connectivity index (χ3n) is 4.37. The predicted molar refractivity (Wildman–Crippen MR) is 76.0 cm³/mol. The van der Waals surface area contributed by atoms with Crippen LogP contribution in [-0.2, 0) is 6.42 Å². The molecule has 2 amide bonds. The molecule has 1 aromatic rings. The highest BCUT2D eigenvalue weighted by Gasteiger charge is 2.23. The number of aryl methyl sites for hydroxylation is 1. The van der Waals surface area contributed by atoms with Crippen LogP contribution in [0.15, 0.2) is 24.3 Å². The summed E-state index contributed by atoms with van der Waals surface area (Å²) < 4.78 is 0. The van der Waals surface area contributed by atoms with Gasteiger partial charge in [0.05, 0.1) is 6.04 Å². The van der Waals surface area contributed by atoms with Crippen molar-refractivity contribution in [1.82, 2.24) is 10.6 Å². The number of amides is 2. The molecule has 1 atom stereocenters. The highest BCUT2D eigenvalue weighted by atomic mass is 16.2. The summed E-state index contributed by atoms with van der Waals surface area (Å²) in [5, 5.41) is 6.26. The van der Waals surface area contributed by atoms with E-state index in [0.717, 1.165) is 32.1 Å². The Hall–Kier alpha value is -1.51. The van der Waals surface area contributed by atoms with E-state index in [2.05, 4.69) is 34.9 Å². The SMILES string of the molecule is O=C(NC1CCCC1)N[C@H]1CCCc2ccccc21. The molecule has 0 heterocycles. The van der Waals surface area contributed by atoms with Crippen LogP contribution in [-0.4, -0.2) is 12.1 Å². The second kappa shape index (κ2) is 5.64. The molecule has 3 rings (SSSR count). The maximum Gasteiger partial charge on any atom is 0.315 e. The van der Waals surface area contributed by atoms with Crippen LogP contribution >= 0.6 is 0 Å². The Labute approximate surface area is 114 Å². The molecule has 1 saturated carbocycles. The summed E-state index contributed by atoms with van der Waals surface area (Å²) in [5.41, 5.74) is 2.69. The van der Waals surface area contributed by atoms with Crippen LogP contribution in [0, 0.1) is 0 Å². The monoisotopic (exact) mass is 258 g/mol. The van der Waals surface area contributed by atoms with Gasteiger partial charge in [-0.25, -0.2) is 4.79 Å². The highest BCUT2D eigenvalue weighted by Crippen LogP contribution is 2.29. The number of fused-ring (bicyclic) bond motifs is 1. The molecule has 2 aliphatic rings. The van der Waals surface area contributed by atoms with Crippen LogP contribution in [0.25, 0.3) is 0 Å². The lowest BCUT2D eigenvalue weighted by atomic mass is 9.88. The highest BCUT2D eigenvalue weighted by molar-refractivity contribution is 5.75. The van der Waals surface area contributed by atoms with Gasteiger partial charge in [-0.1, -0.05) is 37.1 Å². The number of benzene rings is 1. The number of carbonyl (C=O) groups is 1. The molecule has 19 heavy (non-hydrogen) atoms. The first-order chi connectivity index (χ1) is 9.33. The smallest absolute Gasteiger partial charge is 0.315 e. The van der Waals surface area contributed by atoms with Crippen LogP contribution in [0.3, 0.4) is 0 Å². The van der Waals surface area contributed by atoms with Gasteiger partial charge in [-0.3, -0.25) is 0 Å². The Morgan fingerprint density at radius 2 is 1.79 bits per heavy atom. The third kappa shape index (κ3) is 2.91. The zero-order chi connectivity index (χ0) is 13.1. The Bertz CT molecular complexity index is 452. The van der Waals surface area contributed by atoms with E-state index in [1.165, 1.54) is 24.0 Å². The minimum Gasteiger partial charge on any atom is -0.335 e. The first-order valence-corrected chi connectivity index (χ1v) is 7.48. The summed E-state index contributed by atoms with van der Waals surface area (Å²) in [6, 6.07) is 9.06. The Kier molecular flexibility index (Phi) is 3.72. The normalized spacial score (nSPS) is 22.8. The maximum atomic E-state index is 12.1. The molecule has 1 aromatic carbocycles. The van der Waals surface area contributed by atoms with E-state index in [1.807, 2.05) is 0 Å². The van der Waals surface area contributed by atoms with Gasteiger partial charge in [0.15, 0.2) is 0 Å². The van der Waals surface area contributed by atoms with Gasteiger partial charge >= 0.3 is 6.03 Å². The zero-order valence-electron chi connectivity index (χ0n) is 11.3. The summed E-state index contributed by atoms with van der Waals surface area (Å²) in [5.74, 6) is 0. The minimum atomic E-state index is 0.00797. The van der Waals surface area contributed by atoms with Gasteiger partial charge in [-0.05, 0) is 43.2 Å². The van der Waals surface area contributed by atoms with Gasteiger partial charge in [0.2, 0.25) is 0 Å². The molecule has 0 saturated heterocycles. The van der Waals surface area contributed by atoms with Gasteiger partial charge < -0.3 is 10.6 Å². The number of hydrogen-bond acceptors (Lipinski definition) is 1. The summed E-state index contributed by atoms with van der Waals surface area (Å²) in [4.78, 5) is 12.1. The van der Waals surface area contributed by atoms with Crippen LogP contribution in [0.1, 0.15) is 55.7 Å². The van der Waals surface area contributed by atoms with Crippen LogP contribution < -0.4 is 10.6 Å². The van der Waals surface area contributed by atoms with E-state index in [-0.39, 0.29) is 12.1 Å². The van der Waals surface area contributed by atoms with Crippen LogP contribution in [0.4, 0.5) is 4.79 Å². The quantitative estimate of drug-likeness (QED) is 0.839. The number of rotatable bonds is 2. The average Bonchev–Trinajstić information content (AvgIpc) is 2.92. The fourth-order valence-corrected chi connectivity index (χ4v) is 3.36. The second-order valence-corrected chi connectivity index (χ2v) is 5.74. The molecule has 2 N–H and O–H groups in total. The van der Waals surface area contributed by atoms with Crippen molar-refractivity contribution in [2.75, 3.05) is 0 Å². The van der Waals surface area contributed by atoms with Crippen molar-refractivity contribution in [2.45, 2.75) is 57.0 Å². The van der Waals surface area contributed by atoms with Gasteiger partial charge in [-0.2, -0.15) is 0 Å². The molecule has 0 spiro atoms. The van der Waals surface area contributed by atoms with Crippen LogP contribution in [0.5, 0.6) is 0 Å². The number of carbonyl (C=O) groups excluding carboxylic acids is 1. The fourth-order valence-electron chi connectivity index (χ4n) is 3.36. The van der Waals surface area contributed by atoms with E-state index in [0.29, 0.717) is 6.04 Å². The van der Waals surface area contributed by atoms with Crippen LogP contribution in [0.2, 0.25) is 0 Å². The molecule has 3 heteroatoms. The number of hydrogen-bond donors (Lipinski definition) is 2. The summed E-state index contributed by atoms with van der Waals surface area (Å²) in [6.07, 6.45) is 8.11. The van der Waals surface area contributed by atoms with E-state index < -0.39 is 0 Å². The van der Waals surface area contributed by atoms with Crippen molar-refractivity contribution in [2.24, 2.45) is 0 Å². The van der Waals surface area contributed by atoms with Gasteiger partial charge in [-0.15, -0.1) is 0 Å². The first-order valence-electron chi connectivity index (χ1n) is 7.48. The van der Waals surface area contributed by atoms with Crippen molar-refractivity contribution in [3.8, 4) is 0 Å². The molecule has 2 aliphatic carbocycles. The fraction of sp³-hybridized carbons (Fsp3) is 0.562. The molecule has 0 bridgehead atoms. The Morgan fingerprint density at radius 3 is 2.63 bits per heavy atom. The van der Waals surface area contributed by atoms with Gasteiger partial charge in [0.25, 0.3) is 0 Å². The zero-order valence-corrected chi connectivity index (χ0v) is 11.3. The van der Waals surface area contributed by atoms with Crippen molar-refractivity contribution in [3.05, 3.63) is 35.4 Å². The molecular formula is C16H22N2O.